The number of aryl methyl sites for hydroxylation is 1. The van der Waals surface area contributed by atoms with Gasteiger partial charge in [-0.2, -0.15) is 0 Å². The summed E-state index contributed by atoms with van der Waals surface area (Å²) in [5, 5.41) is 0. The van der Waals surface area contributed by atoms with Crippen LogP contribution < -0.4 is 4.74 Å². The van der Waals surface area contributed by atoms with Gasteiger partial charge in [0.1, 0.15) is 0 Å². The Morgan fingerprint density at radius 2 is 1.48 bits per heavy atom. The van der Waals surface area contributed by atoms with Crippen LogP contribution in [-0.2, 0) is 11.2 Å². The van der Waals surface area contributed by atoms with Gasteiger partial charge in [0.25, 0.3) is 0 Å². The SMILES string of the molecule is CCCCCCCCc1ccc(-c2ncc(OC(=O)CCCCCCC(C)CC)cn2)cc1. The van der Waals surface area contributed by atoms with Crippen molar-refractivity contribution in [3.05, 3.63) is 42.2 Å². The van der Waals surface area contributed by atoms with Crippen molar-refractivity contribution in [3.8, 4) is 17.1 Å². The Hall–Kier alpha value is -2.23. The summed E-state index contributed by atoms with van der Waals surface area (Å²) in [6, 6.07) is 8.49. The van der Waals surface area contributed by atoms with E-state index in [9.17, 15) is 4.79 Å². The fourth-order valence-corrected chi connectivity index (χ4v) is 3.95. The first-order valence-corrected chi connectivity index (χ1v) is 13.2. The van der Waals surface area contributed by atoms with E-state index in [-0.39, 0.29) is 5.97 Å². The molecule has 1 heterocycles. The van der Waals surface area contributed by atoms with Crippen molar-refractivity contribution < 1.29 is 9.53 Å². The molecular formula is C29H44N2O2. The topological polar surface area (TPSA) is 52.1 Å². The molecule has 1 unspecified atom stereocenters. The minimum absolute atomic E-state index is 0.202. The van der Waals surface area contributed by atoms with E-state index in [0.717, 1.165) is 30.7 Å². The van der Waals surface area contributed by atoms with E-state index >= 15 is 0 Å². The summed E-state index contributed by atoms with van der Waals surface area (Å²) in [4.78, 5) is 20.9. The van der Waals surface area contributed by atoms with Crippen LogP contribution in [0.4, 0.5) is 0 Å². The summed E-state index contributed by atoms with van der Waals surface area (Å²) in [6.45, 7) is 6.80. The van der Waals surface area contributed by atoms with E-state index in [0.29, 0.717) is 18.0 Å². The molecule has 1 atom stereocenters. The zero-order chi connectivity index (χ0) is 23.7. The number of carbonyl (C=O) groups excluding carboxylic acids is 1. The van der Waals surface area contributed by atoms with Crippen LogP contribution in [0.3, 0.4) is 0 Å². The van der Waals surface area contributed by atoms with E-state index < -0.39 is 0 Å². The molecule has 0 bridgehead atoms. The van der Waals surface area contributed by atoms with E-state index in [2.05, 4.69) is 55.0 Å². The van der Waals surface area contributed by atoms with Gasteiger partial charge in [0.15, 0.2) is 11.6 Å². The molecule has 4 heteroatoms. The van der Waals surface area contributed by atoms with Gasteiger partial charge >= 0.3 is 5.97 Å². The molecule has 33 heavy (non-hydrogen) atoms. The van der Waals surface area contributed by atoms with Gasteiger partial charge in [-0.15, -0.1) is 0 Å². The Morgan fingerprint density at radius 3 is 2.18 bits per heavy atom. The van der Waals surface area contributed by atoms with E-state index in [4.69, 9.17) is 4.74 Å². The Kier molecular flexibility index (Phi) is 13.4. The van der Waals surface area contributed by atoms with Crippen molar-refractivity contribution >= 4 is 5.97 Å². The third-order valence-electron chi connectivity index (χ3n) is 6.42. The van der Waals surface area contributed by atoms with Gasteiger partial charge in [-0.05, 0) is 30.7 Å². The van der Waals surface area contributed by atoms with Crippen molar-refractivity contribution in [2.45, 2.75) is 111 Å². The Labute approximate surface area is 201 Å². The van der Waals surface area contributed by atoms with Crippen LogP contribution in [0.1, 0.15) is 110 Å². The maximum atomic E-state index is 12.1. The molecule has 0 amide bonds. The van der Waals surface area contributed by atoms with Gasteiger partial charge in [-0.3, -0.25) is 4.79 Å². The number of aromatic nitrogens is 2. The highest BCUT2D eigenvalue weighted by Gasteiger charge is 2.08. The number of rotatable bonds is 17. The number of ether oxygens (including phenoxy) is 1. The maximum absolute atomic E-state index is 12.1. The average molecular weight is 453 g/mol. The van der Waals surface area contributed by atoms with E-state index in [1.54, 1.807) is 12.4 Å². The lowest BCUT2D eigenvalue weighted by atomic mass is 10.0. The van der Waals surface area contributed by atoms with Crippen LogP contribution in [0.25, 0.3) is 11.4 Å². The van der Waals surface area contributed by atoms with Crippen LogP contribution in [-0.4, -0.2) is 15.9 Å². The molecule has 182 valence electrons. The monoisotopic (exact) mass is 452 g/mol. The van der Waals surface area contributed by atoms with Crippen molar-refractivity contribution in [3.63, 3.8) is 0 Å². The second-order valence-corrected chi connectivity index (χ2v) is 9.40. The van der Waals surface area contributed by atoms with Gasteiger partial charge in [-0.25, -0.2) is 9.97 Å². The second kappa shape index (κ2) is 16.4. The smallest absolute Gasteiger partial charge is 0.311 e. The number of hydrogen-bond donors (Lipinski definition) is 0. The van der Waals surface area contributed by atoms with Crippen LogP contribution in [0.5, 0.6) is 5.75 Å². The lowest BCUT2D eigenvalue weighted by molar-refractivity contribution is -0.134. The lowest BCUT2D eigenvalue weighted by Crippen LogP contribution is -2.08. The maximum Gasteiger partial charge on any atom is 0.311 e. The predicted molar refractivity (Wildman–Crippen MR) is 137 cm³/mol. The van der Waals surface area contributed by atoms with Crippen molar-refractivity contribution in [2.24, 2.45) is 5.92 Å². The predicted octanol–water partition coefficient (Wildman–Crippen LogP) is 8.34. The zero-order valence-electron chi connectivity index (χ0n) is 21.2. The molecule has 0 aliphatic rings. The number of unbranched alkanes of at least 4 members (excludes halogenated alkanes) is 8. The first-order chi connectivity index (χ1) is 16.1. The van der Waals surface area contributed by atoms with Crippen molar-refractivity contribution in [1.82, 2.24) is 9.97 Å². The first-order valence-electron chi connectivity index (χ1n) is 13.2. The summed E-state index contributed by atoms with van der Waals surface area (Å²) in [5.74, 6) is 1.68. The molecule has 0 aliphatic carbocycles. The van der Waals surface area contributed by atoms with Crippen molar-refractivity contribution in [1.29, 1.82) is 0 Å². The molecule has 0 fully saturated rings. The number of nitrogens with zero attached hydrogens (tertiary/aromatic N) is 2. The van der Waals surface area contributed by atoms with Gasteiger partial charge in [0.05, 0.1) is 12.4 Å². The van der Waals surface area contributed by atoms with E-state index in [1.165, 1.54) is 69.8 Å². The van der Waals surface area contributed by atoms with Crippen LogP contribution in [0, 0.1) is 5.92 Å². The zero-order valence-corrected chi connectivity index (χ0v) is 21.2. The highest BCUT2D eigenvalue weighted by Crippen LogP contribution is 2.19. The third-order valence-corrected chi connectivity index (χ3v) is 6.42. The molecule has 0 aliphatic heterocycles. The molecule has 0 radical (unpaired) electrons. The Balaban J connectivity index is 1.67. The summed E-state index contributed by atoms with van der Waals surface area (Å²) < 4.78 is 5.40. The van der Waals surface area contributed by atoms with Crippen LogP contribution >= 0.6 is 0 Å². The summed E-state index contributed by atoms with van der Waals surface area (Å²) in [7, 11) is 0. The normalized spacial score (nSPS) is 12.0. The van der Waals surface area contributed by atoms with Gasteiger partial charge in [0.2, 0.25) is 0 Å². The quantitative estimate of drug-likeness (QED) is 0.179. The summed E-state index contributed by atoms with van der Waals surface area (Å²) in [5.41, 5.74) is 2.34. The molecule has 2 rings (SSSR count). The molecule has 1 aromatic carbocycles. The highest BCUT2D eigenvalue weighted by atomic mass is 16.5. The summed E-state index contributed by atoms with van der Waals surface area (Å²) >= 11 is 0. The van der Waals surface area contributed by atoms with Gasteiger partial charge in [0, 0.05) is 12.0 Å². The largest absolute Gasteiger partial charge is 0.423 e. The number of carbonyl (C=O) groups is 1. The third kappa shape index (κ3) is 11.5. The molecular weight excluding hydrogens is 408 g/mol. The molecule has 2 aromatic rings. The number of benzene rings is 1. The Bertz CT molecular complexity index is 771. The second-order valence-electron chi connectivity index (χ2n) is 9.40. The van der Waals surface area contributed by atoms with Gasteiger partial charge in [-0.1, -0.05) is 109 Å². The molecule has 4 nitrogen and oxygen atoms in total. The first kappa shape index (κ1) is 27.0. The molecule has 1 aromatic heterocycles. The number of esters is 1. The Morgan fingerprint density at radius 1 is 0.848 bits per heavy atom. The van der Waals surface area contributed by atoms with Crippen LogP contribution in [0.15, 0.2) is 36.7 Å². The highest BCUT2D eigenvalue weighted by molar-refractivity contribution is 5.72. The van der Waals surface area contributed by atoms with E-state index in [1.807, 2.05) is 0 Å². The van der Waals surface area contributed by atoms with Gasteiger partial charge < -0.3 is 4.74 Å². The molecule has 0 saturated heterocycles. The fraction of sp³-hybridized carbons (Fsp3) is 0.621. The summed E-state index contributed by atoms with van der Waals surface area (Å²) in [6.07, 6.45) is 19.6. The van der Waals surface area contributed by atoms with Crippen molar-refractivity contribution in [2.75, 3.05) is 0 Å². The minimum Gasteiger partial charge on any atom is -0.423 e. The fourth-order valence-electron chi connectivity index (χ4n) is 3.95. The standard InChI is InChI=1S/C29H44N2O2/c1-4-6-7-8-9-13-16-25-18-20-26(21-19-25)29-30-22-27(23-31-29)33-28(32)17-14-11-10-12-15-24(3)5-2/h18-24H,4-17H2,1-3H3. The molecule has 0 saturated carbocycles. The lowest BCUT2D eigenvalue weighted by Gasteiger charge is -2.08. The molecule has 0 spiro atoms. The number of hydrogen-bond acceptors (Lipinski definition) is 4. The average Bonchev–Trinajstić information content (AvgIpc) is 2.84. The molecule has 0 N–H and O–H groups in total. The van der Waals surface area contributed by atoms with Crippen LogP contribution in [0.2, 0.25) is 0 Å². The minimum atomic E-state index is -0.202.